The molecule has 1 N–H and O–H groups in total. The molecule has 1 fully saturated rings. The summed E-state index contributed by atoms with van der Waals surface area (Å²) in [5.74, 6) is -0.904. The molecule has 2 amide bonds. The Bertz CT molecular complexity index is 1420. The Hall–Kier alpha value is -4.01. The number of carbonyl (C=O) groups is 2. The summed E-state index contributed by atoms with van der Waals surface area (Å²) in [6, 6.07) is 22.2. The third-order valence-electron chi connectivity index (χ3n) is 6.31. The second-order valence-corrected chi connectivity index (χ2v) is 9.42. The molecular weight excluding hydrogens is 507 g/mol. The zero-order valence-corrected chi connectivity index (χ0v) is 21.3. The minimum atomic E-state index is -0.433. The van der Waals surface area contributed by atoms with E-state index in [0.717, 1.165) is 18.4 Å². The van der Waals surface area contributed by atoms with E-state index in [4.69, 9.17) is 16.3 Å². The third kappa shape index (κ3) is 5.93. The first-order valence-electron chi connectivity index (χ1n) is 12.3. The standard InChI is InChI=1S/C29H26ClFN4O3/c30-25-11-5-4-10-24(25)28(37)34(17-23-9-6-16-38-23)19-27(36)33-29-32-26(20-7-2-1-3-8-20)18-35(29)22-14-12-21(31)13-15-22/h1-5,7-8,10-15,18,23H,6,9,16-17,19H2,(H,32,33,36). The molecule has 1 aliphatic rings. The zero-order valence-electron chi connectivity index (χ0n) is 20.5. The lowest BCUT2D eigenvalue weighted by atomic mass is 10.1. The van der Waals surface area contributed by atoms with Gasteiger partial charge in [-0.1, -0.05) is 54.1 Å². The number of aromatic nitrogens is 2. The Morgan fingerprint density at radius 2 is 1.79 bits per heavy atom. The molecule has 194 valence electrons. The van der Waals surface area contributed by atoms with Crippen molar-refractivity contribution in [2.24, 2.45) is 0 Å². The largest absolute Gasteiger partial charge is 0.376 e. The molecule has 1 aliphatic heterocycles. The predicted molar refractivity (Wildman–Crippen MR) is 144 cm³/mol. The third-order valence-corrected chi connectivity index (χ3v) is 6.64. The summed E-state index contributed by atoms with van der Waals surface area (Å²) < 4.78 is 21.0. The zero-order chi connectivity index (χ0) is 26.5. The van der Waals surface area contributed by atoms with Gasteiger partial charge in [-0.25, -0.2) is 9.37 Å². The molecule has 1 aromatic heterocycles. The van der Waals surface area contributed by atoms with Crippen molar-refractivity contribution in [3.05, 3.63) is 101 Å². The fraction of sp³-hybridized carbons (Fsp3) is 0.207. The number of nitrogens with zero attached hydrogens (tertiary/aromatic N) is 3. The monoisotopic (exact) mass is 532 g/mol. The number of rotatable bonds is 8. The fourth-order valence-corrected chi connectivity index (χ4v) is 4.63. The average Bonchev–Trinajstić information content (AvgIpc) is 3.59. The number of nitrogens with one attached hydrogen (secondary N) is 1. The molecule has 3 aromatic carbocycles. The number of benzene rings is 3. The predicted octanol–water partition coefficient (Wildman–Crippen LogP) is 5.59. The van der Waals surface area contributed by atoms with Gasteiger partial charge in [0.1, 0.15) is 12.4 Å². The van der Waals surface area contributed by atoms with Gasteiger partial charge >= 0.3 is 0 Å². The average molecular weight is 533 g/mol. The highest BCUT2D eigenvalue weighted by atomic mass is 35.5. The lowest BCUT2D eigenvalue weighted by Gasteiger charge is -2.25. The van der Waals surface area contributed by atoms with Crippen molar-refractivity contribution in [3.63, 3.8) is 0 Å². The van der Waals surface area contributed by atoms with E-state index in [1.165, 1.54) is 17.0 Å². The van der Waals surface area contributed by atoms with Crippen molar-refractivity contribution in [1.29, 1.82) is 0 Å². The van der Waals surface area contributed by atoms with Gasteiger partial charge in [0.05, 0.1) is 22.4 Å². The van der Waals surface area contributed by atoms with Crippen LogP contribution in [0.1, 0.15) is 23.2 Å². The molecule has 1 atom stereocenters. The van der Waals surface area contributed by atoms with E-state index < -0.39 is 5.91 Å². The Kier molecular flexibility index (Phi) is 7.81. The number of halogens is 2. The summed E-state index contributed by atoms with van der Waals surface area (Å²) in [6.45, 7) is 0.669. The van der Waals surface area contributed by atoms with Crippen LogP contribution >= 0.6 is 11.6 Å². The van der Waals surface area contributed by atoms with Crippen LogP contribution in [0.3, 0.4) is 0 Å². The number of hydrogen-bond donors (Lipinski definition) is 1. The molecule has 4 aromatic rings. The first-order chi connectivity index (χ1) is 18.5. The number of anilines is 1. The fourth-order valence-electron chi connectivity index (χ4n) is 4.41. The van der Waals surface area contributed by atoms with Gasteiger partial charge in [-0.05, 0) is 49.2 Å². The SMILES string of the molecule is O=C(CN(CC1CCCO1)C(=O)c1ccccc1Cl)Nc1nc(-c2ccccc2)cn1-c1ccc(F)cc1. The molecule has 0 radical (unpaired) electrons. The molecular formula is C29H26ClFN4O3. The van der Waals surface area contributed by atoms with E-state index in [1.807, 2.05) is 30.3 Å². The number of amides is 2. The molecule has 38 heavy (non-hydrogen) atoms. The molecule has 0 aliphatic carbocycles. The smallest absolute Gasteiger partial charge is 0.255 e. The van der Waals surface area contributed by atoms with E-state index in [2.05, 4.69) is 10.3 Å². The molecule has 1 saturated heterocycles. The van der Waals surface area contributed by atoms with Crippen molar-refractivity contribution in [3.8, 4) is 16.9 Å². The Morgan fingerprint density at radius 1 is 1.05 bits per heavy atom. The first-order valence-corrected chi connectivity index (χ1v) is 12.7. The van der Waals surface area contributed by atoms with Crippen LogP contribution in [-0.2, 0) is 9.53 Å². The quantitative estimate of drug-likeness (QED) is 0.321. The maximum absolute atomic E-state index is 13.6. The minimum absolute atomic E-state index is 0.153. The number of hydrogen-bond acceptors (Lipinski definition) is 4. The highest BCUT2D eigenvalue weighted by molar-refractivity contribution is 6.33. The van der Waals surface area contributed by atoms with Crippen molar-refractivity contribution < 1.29 is 18.7 Å². The van der Waals surface area contributed by atoms with Crippen LogP contribution in [0.25, 0.3) is 16.9 Å². The van der Waals surface area contributed by atoms with E-state index in [-0.39, 0.29) is 36.9 Å². The van der Waals surface area contributed by atoms with Crippen LogP contribution in [0.2, 0.25) is 5.02 Å². The lowest BCUT2D eigenvalue weighted by Crippen LogP contribution is -2.42. The van der Waals surface area contributed by atoms with Crippen LogP contribution in [0.15, 0.2) is 85.1 Å². The second-order valence-electron chi connectivity index (χ2n) is 9.01. The Morgan fingerprint density at radius 3 is 2.50 bits per heavy atom. The van der Waals surface area contributed by atoms with Gasteiger partial charge in [0.25, 0.3) is 5.91 Å². The summed E-state index contributed by atoms with van der Waals surface area (Å²) in [5.41, 5.74) is 2.44. The molecule has 0 bridgehead atoms. The van der Waals surface area contributed by atoms with Gasteiger partial charge in [-0.2, -0.15) is 0 Å². The van der Waals surface area contributed by atoms with Crippen molar-refractivity contribution in [1.82, 2.24) is 14.5 Å². The Labute approximate surface area is 224 Å². The molecule has 9 heteroatoms. The lowest BCUT2D eigenvalue weighted by molar-refractivity contribution is -0.117. The second kappa shape index (κ2) is 11.6. The summed E-state index contributed by atoms with van der Waals surface area (Å²) in [7, 11) is 0. The van der Waals surface area contributed by atoms with Crippen molar-refractivity contribution in [2.75, 3.05) is 25.0 Å². The highest BCUT2D eigenvalue weighted by Crippen LogP contribution is 2.25. The van der Waals surface area contributed by atoms with Gasteiger partial charge in [0, 0.05) is 30.6 Å². The molecule has 2 heterocycles. The van der Waals surface area contributed by atoms with Gasteiger partial charge in [0.15, 0.2) is 0 Å². The van der Waals surface area contributed by atoms with E-state index >= 15 is 0 Å². The molecule has 1 unspecified atom stereocenters. The number of imidazole rings is 1. The normalized spacial score (nSPS) is 14.8. The van der Waals surface area contributed by atoms with E-state index in [1.54, 1.807) is 47.2 Å². The topological polar surface area (TPSA) is 76.5 Å². The van der Waals surface area contributed by atoms with Crippen LogP contribution in [0.4, 0.5) is 10.3 Å². The maximum atomic E-state index is 13.6. The van der Waals surface area contributed by atoms with E-state index in [0.29, 0.717) is 28.6 Å². The number of ether oxygens (including phenoxy) is 1. The summed E-state index contributed by atoms with van der Waals surface area (Å²) >= 11 is 6.29. The van der Waals surface area contributed by atoms with Crippen LogP contribution in [0.5, 0.6) is 0 Å². The number of carbonyl (C=O) groups excluding carboxylic acids is 2. The minimum Gasteiger partial charge on any atom is -0.376 e. The van der Waals surface area contributed by atoms with Gasteiger partial charge < -0.3 is 9.64 Å². The van der Waals surface area contributed by atoms with Crippen molar-refractivity contribution in [2.45, 2.75) is 18.9 Å². The van der Waals surface area contributed by atoms with E-state index in [9.17, 15) is 14.0 Å². The molecule has 0 spiro atoms. The summed E-state index contributed by atoms with van der Waals surface area (Å²) in [4.78, 5) is 32.8. The van der Waals surface area contributed by atoms with Gasteiger partial charge in [-0.15, -0.1) is 0 Å². The molecule has 0 saturated carbocycles. The van der Waals surface area contributed by atoms with Gasteiger partial charge in [0.2, 0.25) is 11.9 Å². The summed E-state index contributed by atoms with van der Waals surface area (Å²) in [6.07, 6.45) is 3.34. The van der Waals surface area contributed by atoms with Crippen LogP contribution in [0, 0.1) is 5.82 Å². The van der Waals surface area contributed by atoms with Crippen LogP contribution in [-0.4, -0.2) is 52.1 Å². The van der Waals surface area contributed by atoms with Crippen molar-refractivity contribution >= 4 is 29.4 Å². The summed E-state index contributed by atoms with van der Waals surface area (Å²) in [5, 5.41) is 3.16. The Balaban J connectivity index is 1.41. The molecule has 5 rings (SSSR count). The molecule has 7 nitrogen and oxygen atoms in total. The maximum Gasteiger partial charge on any atom is 0.255 e. The first kappa shape index (κ1) is 25.6. The van der Waals surface area contributed by atoms with Gasteiger partial charge in [-0.3, -0.25) is 19.5 Å². The van der Waals surface area contributed by atoms with Crippen LogP contribution < -0.4 is 5.32 Å². The highest BCUT2D eigenvalue weighted by Gasteiger charge is 2.27.